The normalized spacial score (nSPS) is 12.4. The molecular formula is C24H25FN2O4S. The molecule has 0 spiro atoms. The summed E-state index contributed by atoms with van der Waals surface area (Å²) in [7, 11) is -2.43. The van der Waals surface area contributed by atoms with Crippen molar-refractivity contribution >= 4 is 21.6 Å². The van der Waals surface area contributed by atoms with Crippen LogP contribution in [-0.4, -0.2) is 27.5 Å². The van der Waals surface area contributed by atoms with E-state index in [4.69, 9.17) is 4.74 Å². The molecule has 32 heavy (non-hydrogen) atoms. The molecule has 0 unspecified atom stereocenters. The van der Waals surface area contributed by atoms with E-state index in [1.807, 2.05) is 0 Å². The molecule has 0 bridgehead atoms. The van der Waals surface area contributed by atoms with Crippen LogP contribution < -0.4 is 14.8 Å². The number of ether oxygens (including phenoxy) is 1. The lowest BCUT2D eigenvalue weighted by molar-refractivity contribution is -0.118. The Morgan fingerprint density at radius 1 is 0.938 bits per heavy atom. The maximum absolute atomic E-state index is 13.1. The summed E-state index contributed by atoms with van der Waals surface area (Å²) in [5, 5.41) is 2.73. The molecule has 168 valence electrons. The van der Waals surface area contributed by atoms with Gasteiger partial charge in [0.15, 0.2) is 0 Å². The predicted octanol–water partition coefficient (Wildman–Crippen LogP) is 4.44. The van der Waals surface area contributed by atoms with Gasteiger partial charge in [0.05, 0.1) is 12.0 Å². The van der Waals surface area contributed by atoms with Gasteiger partial charge in [-0.2, -0.15) is 4.72 Å². The summed E-state index contributed by atoms with van der Waals surface area (Å²) in [5.74, 6) is -0.538. The minimum atomic E-state index is -3.96. The van der Waals surface area contributed by atoms with Crippen molar-refractivity contribution in [1.82, 2.24) is 4.72 Å². The summed E-state index contributed by atoms with van der Waals surface area (Å²) < 4.78 is 46.6. The van der Waals surface area contributed by atoms with Crippen LogP contribution in [-0.2, 0) is 14.8 Å². The van der Waals surface area contributed by atoms with Crippen LogP contribution in [0, 0.1) is 11.7 Å². The second-order valence-electron chi connectivity index (χ2n) is 7.60. The molecule has 6 nitrogen and oxygen atoms in total. The van der Waals surface area contributed by atoms with Crippen LogP contribution in [0.5, 0.6) is 5.75 Å². The summed E-state index contributed by atoms with van der Waals surface area (Å²) in [6, 6.07) is 18.0. The van der Waals surface area contributed by atoms with Crippen molar-refractivity contribution in [2.75, 3.05) is 12.4 Å². The first kappa shape index (κ1) is 23.4. The highest BCUT2D eigenvalue weighted by molar-refractivity contribution is 7.89. The van der Waals surface area contributed by atoms with Crippen molar-refractivity contribution in [3.05, 3.63) is 78.6 Å². The summed E-state index contributed by atoms with van der Waals surface area (Å²) in [6.07, 6.45) is 0. The Balaban J connectivity index is 1.77. The number of sulfonamides is 1. The van der Waals surface area contributed by atoms with Crippen molar-refractivity contribution < 1.29 is 22.3 Å². The Hall–Kier alpha value is -3.23. The molecule has 3 aromatic carbocycles. The van der Waals surface area contributed by atoms with Gasteiger partial charge in [-0.1, -0.05) is 44.2 Å². The van der Waals surface area contributed by atoms with E-state index in [2.05, 4.69) is 10.0 Å². The fourth-order valence-electron chi connectivity index (χ4n) is 3.12. The minimum absolute atomic E-state index is 0.0307. The van der Waals surface area contributed by atoms with E-state index in [1.54, 1.807) is 62.4 Å². The van der Waals surface area contributed by atoms with Crippen molar-refractivity contribution in [2.45, 2.75) is 24.8 Å². The minimum Gasteiger partial charge on any atom is -0.497 e. The van der Waals surface area contributed by atoms with Crippen molar-refractivity contribution in [3.8, 4) is 16.9 Å². The molecule has 0 saturated heterocycles. The monoisotopic (exact) mass is 456 g/mol. The Bertz CT molecular complexity index is 1180. The third-order valence-corrected chi connectivity index (χ3v) is 6.37. The fraction of sp³-hybridized carbons (Fsp3) is 0.208. The lowest BCUT2D eigenvalue weighted by Crippen LogP contribution is -2.47. The molecule has 0 aliphatic carbocycles. The Morgan fingerprint density at radius 3 is 2.09 bits per heavy atom. The molecule has 3 aromatic rings. The van der Waals surface area contributed by atoms with Crippen LogP contribution in [0.4, 0.5) is 10.1 Å². The highest BCUT2D eigenvalue weighted by atomic mass is 32.2. The molecule has 0 heterocycles. The number of carbonyl (C=O) groups is 1. The Morgan fingerprint density at radius 2 is 1.53 bits per heavy atom. The van der Waals surface area contributed by atoms with Crippen LogP contribution in [0.25, 0.3) is 11.1 Å². The molecular weight excluding hydrogens is 431 g/mol. The molecule has 1 atom stereocenters. The predicted molar refractivity (Wildman–Crippen MR) is 122 cm³/mol. The molecule has 2 N–H and O–H groups in total. The van der Waals surface area contributed by atoms with Crippen molar-refractivity contribution in [3.63, 3.8) is 0 Å². The molecule has 1 amide bonds. The second-order valence-corrected chi connectivity index (χ2v) is 9.31. The number of hydrogen-bond donors (Lipinski definition) is 2. The zero-order valence-corrected chi connectivity index (χ0v) is 18.8. The second kappa shape index (κ2) is 9.93. The maximum atomic E-state index is 13.1. The number of rotatable bonds is 8. The number of anilines is 1. The highest BCUT2D eigenvalue weighted by Gasteiger charge is 2.28. The summed E-state index contributed by atoms with van der Waals surface area (Å²) >= 11 is 0. The zero-order valence-electron chi connectivity index (χ0n) is 18.0. The van der Waals surface area contributed by atoms with Crippen LogP contribution >= 0.6 is 0 Å². The van der Waals surface area contributed by atoms with Crippen LogP contribution in [0.2, 0.25) is 0 Å². The lowest BCUT2D eigenvalue weighted by atomic mass is 10.0. The number of nitrogens with one attached hydrogen (secondary N) is 2. The van der Waals surface area contributed by atoms with Crippen LogP contribution in [0.15, 0.2) is 77.7 Å². The van der Waals surface area contributed by atoms with Crippen LogP contribution in [0.3, 0.4) is 0 Å². The van der Waals surface area contributed by atoms with E-state index in [0.717, 1.165) is 11.1 Å². The summed E-state index contributed by atoms with van der Waals surface area (Å²) in [5.41, 5.74) is 2.02. The molecule has 8 heteroatoms. The van der Waals surface area contributed by atoms with E-state index in [1.165, 1.54) is 31.4 Å². The van der Waals surface area contributed by atoms with E-state index in [0.29, 0.717) is 11.4 Å². The van der Waals surface area contributed by atoms with Crippen molar-refractivity contribution in [1.29, 1.82) is 0 Å². The molecule has 0 aliphatic heterocycles. The fourth-order valence-corrected chi connectivity index (χ4v) is 4.46. The first-order chi connectivity index (χ1) is 15.2. The number of benzene rings is 3. The largest absolute Gasteiger partial charge is 0.497 e. The third kappa shape index (κ3) is 5.72. The van der Waals surface area contributed by atoms with Gasteiger partial charge in [-0.05, 0) is 53.4 Å². The van der Waals surface area contributed by atoms with Crippen molar-refractivity contribution in [2.24, 2.45) is 5.92 Å². The van der Waals surface area contributed by atoms with E-state index >= 15 is 0 Å². The number of amides is 1. The van der Waals surface area contributed by atoms with E-state index in [-0.39, 0.29) is 16.6 Å². The number of methoxy groups -OCH3 is 1. The van der Waals surface area contributed by atoms with Gasteiger partial charge in [-0.15, -0.1) is 0 Å². The third-order valence-electron chi connectivity index (χ3n) is 4.91. The van der Waals surface area contributed by atoms with Gasteiger partial charge in [0, 0.05) is 11.8 Å². The number of carbonyl (C=O) groups excluding carboxylic acids is 1. The van der Waals surface area contributed by atoms with Gasteiger partial charge in [0.1, 0.15) is 17.6 Å². The molecule has 0 fully saturated rings. The van der Waals surface area contributed by atoms with Gasteiger partial charge in [-0.25, -0.2) is 12.8 Å². The van der Waals surface area contributed by atoms with Gasteiger partial charge in [-0.3, -0.25) is 4.79 Å². The van der Waals surface area contributed by atoms with Gasteiger partial charge in [0.25, 0.3) is 0 Å². The molecule has 0 aromatic heterocycles. The average molecular weight is 457 g/mol. The zero-order chi connectivity index (χ0) is 23.3. The quantitative estimate of drug-likeness (QED) is 0.525. The van der Waals surface area contributed by atoms with Gasteiger partial charge >= 0.3 is 0 Å². The van der Waals surface area contributed by atoms with Gasteiger partial charge in [0.2, 0.25) is 15.9 Å². The van der Waals surface area contributed by atoms with Crippen LogP contribution in [0.1, 0.15) is 13.8 Å². The first-order valence-corrected chi connectivity index (χ1v) is 11.5. The van der Waals surface area contributed by atoms with E-state index in [9.17, 15) is 17.6 Å². The van der Waals surface area contributed by atoms with Gasteiger partial charge < -0.3 is 10.1 Å². The molecule has 0 aliphatic rings. The smallest absolute Gasteiger partial charge is 0.242 e. The Kier molecular flexibility index (Phi) is 7.27. The maximum Gasteiger partial charge on any atom is 0.242 e. The van der Waals surface area contributed by atoms with E-state index < -0.39 is 22.0 Å². The molecule has 0 radical (unpaired) electrons. The standard InChI is InChI=1S/C24H25FN2O4S/c1-16(2)23(24(28)26-20-5-4-6-21(15-20)31-3)27-32(29,30)22-13-9-18(10-14-22)17-7-11-19(25)12-8-17/h4-16,23,27H,1-3H3,(H,26,28)/t23-/m0/s1. The first-order valence-electron chi connectivity index (χ1n) is 10.0. The molecule has 0 saturated carbocycles. The SMILES string of the molecule is COc1cccc(NC(=O)[C@@H](NS(=O)(=O)c2ccc(-c3ccc(F)cc3)cc2)C(C)C)c1. The summed E-state index contributed by atoms with van der Waals surface area (Å²) in [4.78, 5) is 12.9. The number of halogens is 1. The highest BCUT2D eigenvalue weighted by Crippen LogP contribution is 2.23. The topological polar surface area (TPSA) is 84.5 Å². The average Bonchev–Trinajstić information content (AvgIpc) is 2.78. The number of hydrogen-bond acceptors (Lipinski definition) is 4. The molecule has 3 rings (SSSR count). The Labute approximate surface area is 187 Å². The summed E-state index contributed by atoms with van der Waals surface area (Å²) in [6.45, 7) is 3.52. The lowest BCUT2D eigenvalue weighted by Gasteiger charge is -2.22.